The number of carbonyl (C=O) groups is 1. The lowest BCUT2D eigenvalue weighted by molar-refractivity contribution is 0.0686. The number of unbranched alkanes of at least 4 members (excludes halogenated alkanes) is 1. The molecule has 0 aliphatic heterocycles. The summed E-state index contributed by atoms with van der Waals surface area (Å²) >= 11 is 0. The number of pyridine rings is 1. The standard InChI is InChI=1S/C13H21N3O3/c1-18-8-9-19-7-3-2-5-16-13(17)11-4-6-15-10-12(11)14/h4,6,10H,2-3,5,7-9,14H2,1H3,(H,16,17). The first kappa shape index (κ1) is 15.4. The Hall–Kier alpha value is -1.66. The molecule has 0 aliphatic carbocycles. The van der Waals surface area contributed by atoms with Crippen molar-refractivity contribution in [1.29, 1.82) is 0 Å². The molecule has 0 spiro atoms. The van der Waals surface area contributed by atoms with Gasteiger partial charge in [0.2, 0.25) is 0 Å². The van der Waals surface area contributed by atoms with Gasteiger partial charge in [-0.1, -0.05) is 0 Å². The molecule has 0 saturated heterocycles. The van der Waals surface area contributed by atoms with Crippen LogP contribution in [0.15, 0.2) is 18.5 Å². The number of nitrogen functional groups attached to an aromatic ring is 1. The number of aromatic nitrogens is 1. The number of nitrogens with two attached hydrogens (primary N) is 1. The fraction of sp³-hybridized carbons (Fsp3) is 0.538. The van der Waals surface area contributed by atoms with Gasteiger partial charge in [-0.15, -0.1) is 0 Å². The van der Waals surface area contributed by atoms with Crippen molar-refractivity contribution in [3.63, 3.8) is 0 Å². The van der Waals surface area contributed by atoms with Gasteiger partial charge in [0, 0.05) is 26.5 Å². The third-order valence-electron chi connectivity index (χ3n) is 2.53. The largest absolute Gasteiger partial charge is 0.397 e. The first-order chi connectivity index (χ1) is 9.25. The van der Waals surface area contributed by atoms with Gasteiger partial charge in [0.05, 0.1) is 30.7 Å². The van der Waals surface area contributed by atoms with Crippen LogP contribution < -0.4 is 11.1 Å². The minimum absolute atomic E-state index is 0.166. The van der Waals surface area contributed by atoms with Gasteiger partial charge in [-0.05, 0) is 18.9 Å². The molecule has 6 heteroatoms. The lowest BCUT2D eigenvalue weighted by Gasteiger charge is -2.07. The molecule has 1 aromatic heterocycles. The summed E-state index contributed by atoms with van der Waals surface area (Å²) in [7, 11) is 1.64. The monoisotopic (exact) mass is 267 g/mol. The number of amides is 1. The van der Waals surface area contributed by atoms with E-state index in [1.54, 1.807) is 19.4 Å². The van der Waals surface area contributed by atoms with E-state index >= 15 is 0 Å². The average molecular weight is 267 g/mol. The van der Waals surface area contributed by atoms with Crippen LogP contribution in [-0.2, 0) is 9.47 Å². The van der Waals surface area contributed by atoms with Gasteiger partial charge >= 0.3 is 0 Å². The number of nitrogens with one attached hydrogen (secondary N) is 1. The maximum absolute atomic E-state index is 11.8. The predicted molar refractivity (Wildman–Crippen MR) is 72.9 cm³/mol. The molecular weight excluding hydrogens is 246 g/mol. The van der Waals surface area contributed by atoms with E-state index in [2.05, 4.69) is 10.3 Å². The average Bonchev–Trinajstić information content (AvgIpc) is 2.42. The molecule has 0 aromatic carbocycles. The molecule has 0 radical (unpaired) electrons. The van der Waals surface area contributed by atoms with Crippen LogP contribution in [0.25, 0.3) is 0 Å². The highest BCUT2D eigenvalue weighted by atomic mass is 16.5. The maximum Gasteiger partial charge on any atom is 0.253 e. The molecule has 1 aromatic rings. The van der Waals surface area contributed by atoms with Crippen LogP contribution >= 0.6 is 0 Å². The summed E-state index contributed by atoms with van der Waals surface area (Å²) in [6.07, 6.45) is 4.78. The molecule has 6 nitrogen and oxygen atoms in total. The Bertz CT molecular complexity index is 385. The third kappa shape index (κ3) is 6.17. The Balaban J connectivity index is 2.10. The van der Waals surface area contributed by atoms with Crippen LogP contribution in [0.3, 0.4) is 0 Å². The molecule has 0 fully saturated rings. The van der Waals surface area contributed by atoms with E-state index in [0.717, 1.165) is 12.8 Å². The first-order valence-corrected chi connectivity index (χ1v) is 6.30. The number of nitrogens with zero attached hydrogens (tertiary/aromatic N) is 1. The molecular formula is C13H21N3O3. The zero-order chi connectivity index (χ0) is 13.9. The van der Waals surface area contributed by atoms with E-state index in [-0.39, 0.29) is 5.91 Å². The van der Waals surface area contributed by atoms with Crippen molar-refractivity contribution < 1.29 is 14.3 Å². The van der Waals surface area contributed by atoms with Crippen molar-refractivity contribution in [3.8, 4) is 0 Å². The van der Waals surface area contributed by atoms with Crippen LogP contribution in [0.1, 0.15) is 23.2 Å². The van der Waals surface area contributed by atoms with Gasteiger partial charge in [0.1, 0.15) is 0 Å². The Morgan fingerprint density at radius 3 is 2.95 bits per heavy atom. The Labute approximate surface area is 113 Å². The second kappa shape index (κ2) is 9.29. The number of methoxy groups -OCH3 is 1. The van der Waals surface area contributed by atoms with Crippen molar-refractivity contribution in [1.82, 2.24) is 10.3 Å². The summed E-state index contributed by atoms with van der Waals surface area (Å²) in [6.45, 7) is 2.50. The lowest BCUT2D eigenvalue weighted by atomic mass is 10.2. The molecule has 0 unspecified atom stereocenters. The van der Waals surface area contributed by atoms with Crippen molar-refractivity contribution in [3.05, 3.63) is 24.0 Å². The third-order valence-corrected chi connectivity index (χ3v) is 2.53. The number of anilines is 1. The molecule has 0 bridgehead atoms. The Morgan fingerprint density at radius 1 is 1.37 bits per heavy atom. The topological polar surface area (TPSA) is 86.5 Å². The molecule has 0 atom stereocenters. The number of hydrogen-bond acceptors (Lipinski definition) is 5. The predicted octanol–water partition coefficient (Wildman–Crippen LogP) is 0.837. The van der Waals surface area contributed by atoms with Crippen LogP contribution in [0.2, 0.25) is 0 Å². The van der Waals surface area contributed by atoms with Crippen molar-refractivity contribution in [2.75, 3.05) is 39.2 Å². The lowest BCUT2D eigenvalue weighted by Crippen LogP contribution is -2.25. The molecule has 0 saturated carbocycles. The molecule has 1 amide bonds. The SMILES string of the molecule is COCCOCCCCNC(=O)c1ccncc1N. The van der Waals surface area contributed by atoms with Gasteiger partial charge < -0.3 is 20.5 Å². The van der Waals surface area contributed by atoms with Crippen LogP contribution in [0, 0.1) is 0 Å². The summed E-state index contributed by atoms with van der Waals surface area (Å²) in [5.74, 6) is -0.166. The second-order valence-corrected chi connectivity index (χ2v) is 4.03. The number of hydrogen-bond donors (Lipinski definition) is 2. The number of ether oxygens (including phenoxy) is 2. The molecule has 106 valence electrons. The van der Waals surface area contributed by atoms with Crippen LogP contribution in [0.4, 0.5) is 5.69 Å². The highest BCUT2D eigenvalue weighted by Gasteiger charge is 2.07. The molecule has 0 aliphatic rings. The summed E-state index contributed by atoms with van der Waals surface area (Å²) in [6, 6.07) is 1.61. The fourth-order valence-corrected chi connectivity index (χ4v) is 1.48. The first-order valence-electron chi connectivity index (χ1n) is 6.30. The molecule has 19 heavy (non-hydrogen) atoms. The van der Waals surface area contributed by atoms with E-state index < -0.39 is 0 Å². The van der Waals surface area contributed by atoms with Gasteiger partial charge in [-0.3, -0.25) is 9.78 Å². The summed E-state index contributed by atoms with van der Waals surface area (Å²) in [4.78, 5) is 15.6. The Morgan fingerprint density at radius 2 is 2.21 bits per heavy atom. The van der Waals surface area contributed by atoms with Crippen molar-refractivity contribution in [2.24, 2.45) is 0 Å². The van der Waals surface area contributed by atoms with Gasteiger partial charge in [-0.2, -0.15) is 0 Å². The normalized spacial score (nSPS) is 10.4. The number of rotatable bonds is 9. The zero-order valence-corrected chi connectivity index (χ0v) is 11.2. The maximum atomic E-state index is 11.8. The minimum Gasteiger partial charge on any atom is -0.397 e. The highest BCUT2D eigenvalue weighted by molar-refractivity contribution is 5.98. The summed E-state index contributed by atoms with van der Waals surface area (Å²) in [5, 5.41) is 2.81. The molecule has 3 N–H and O–H groups in total. The van der Waals surface area contributed by atoms with Crippen LogP contribution in [0.5, 0.6) is 0 Å². The van der Waals surface area contributed by atoms with Crippen molar-refractivity contribution in [2.45, 2.75) is 12.8 Å². The van der Waals surface area contributed by atoms with Gasteiger partial charge in [0.25, 0.3) is 5.91 Å². The van der Waals surface area contributed by atoms with Crippen LogP contribution in [-0.4, -0.2) is 44.4 Å². The minimum atomic E-state index is -0.166. The number of carbonyl (C=O) groups excluding carboxylic acids is 1. The van der Waals surface area contributed by atoms with Crippen molar-refractivity contribution >= 4 is 11.6 Å². The summed E-state index contributed by atoms with van der Waals surface area (Å²) in [5.41, 5.74) is 6.52. The molecule has 1 rings (SSSR count). The fourth-order valence-electron chi connectivity index (χ4n) is 1.48. The quantitative estimate of drug-likeness (QED) is 0.647. The van der Waals surface area contributed by atoms with E-state index in [1.165, 1.54) is 6.20 Å². The zero-order valence-electron chi connectivity index (χ0n) is 11.2. The second-order valence-electron chi connectivity index (χ2n) is 4.03. The van der Waals surface area contributed by atoms with E-state index in [9.17, 15) is 4.79 Å². The van der Waals surface area contributed by atoms with Gasteiger partial charge in [0.15, 0.2) is 0 Å². The highest BCUT2D eigenvalue weighted by Crippen LogP contribution is 2.07. The van der Waals surface area contributed by atoms with E-state index in [4.69, 9.17) is 15.2 Å². The Kier molecular flexibility index (Phi) is 7.53. The van der Waals surface area contributed by atoms with E-state index in [1.807, 2.05) is 0 Å². The summed E-state index contributed by atoms with van der Waals surface area (Å²) < 4.78 is 10.2. The van der Waals surface area contributed by atoms with Gasteiger partial charge in [-0.25, -0.2) is 0 Å². The smallest absolute Gasteiger partial charge is 0.253 e. The van der Waals surface area contributed by atoms with E-state index in [0.29, 0.717) is 37.6 Å². The molecule has 1 heterocycles.